The van der Waals surface area contributed by atoms with Crippen LogP contribution in [0.5, 0.6) is 0 Å². The van der Waals surface area contributed by atoms with E-state index in [1.165, 1.54) is 6.92 Å². The Bertz CT molecular complexity index is 118. The van der Waals surface area contributed by atoms with Crippen molar-refractivity contribution in [1.29, 1.82) is 0 Å². The van der Waals surface area contributed by atoms with Crippen LogP contribution in [-0.2, 0) is 4.79 Å². The van der Waals surface area contributed by atoms with E-state index in [1.807, 2.05) is 6.92 Å². The molecular formula is C7H12NO. The lowest BCUT2D eigenvalue weighted by atomic mass is 10.1. The Hall–Kier alpha value is -0.660. The first-order valence-corrected chi connectivity index (χ1v) is 3.04. The summed E-state index contributed by atoms with van der Waals surface area (Å²) < 4.78 is 0. The molecule has 0 aliphatic heterocycles. The second kappa shape index (κ2) is 4.24. The summed E-state index contributed by atoms with van der Waals surface area (Å²) in [4.78, 5) is 13.8. The summed E-state index contributed by atoms with van der Waals surface area (Å²) in [6, 6.07) is 0. The summed E-state index contributed by atoms with van der Waals surface area (Å²) in [5.74, 6) is 0.0194. The van der Waals surface area contributed by atoms with Gasteiger partial charge in [0.25, 0.3) is 0 Å². The van der Waals surface area contributed by atoms with Gasteiger partial charge in [-0.05, 0) is 19.3 Å². The molecule has 0 N–H and O–H groups in total. The molecule has 51 valence electrons. The van der Waals surface area contributed by atoms with Crippen molar-refractivity contribution in [3.05, 3.63) is 6.92 Å². The first-order valence-electron chi connectivity index (χ1n) is 3.04. The number of amides is 1. The molecule has 2 nitrogen and oxygen atoms in total. The molecule has 9 heavy (non-hydrogen) atoms. The van der Waals surface area contributed by atoms with Crippen LogP contribution in [0.25, 0.3) is 0 Å². The van der Waals surface area contributed by atoms with E-state index in [-0.39, 0.29) is 11.8 Å². The molecule has 0 spiro atoms. The van der Waals surface area contributed by atoms with E-state index in [9.17, 15) is 4.79 Å². The van der Waals surface area contributed by atoms with Gasteiger partial charge in [0, 0.05) is 13.1 Å². The van der Waals surface area contributed by atoms with E-state index in [4.69, 9.17) is 0 Å². The van der Waals surface area contributed by atoms with Crippen LogP contribution in [0.2, 0.25) is 0 Å². The first kappa shape index (κ1) is 8.34. The van der Waals surface area contributed by atoms with Gasteiger partial charge in [0.15, 0.2) is 0 Å². The molecule has 0 heterocycles. The molecule has 0 aliphatic rings. The van der Waals surface area contributed by atoms with Gasteiger partial charge in [-0.15, -0.1) is 0 Å². The van der Waals surface area contributed by atoms with Gasteiger partial charge in [0.1, 0.15) is 0 Å². The second-order valence-corrected chi connectivity index (χ2v) is 1.97. The van der Waals surface area contributed by atoms with E-state index in [1.54, 1.807) is 6.21 Å². The summed E-state index contributed by atoms with van der Waals surface area (Å²) in [7, 11) is 0. The molecule has 1 atom stereocenters. The van der Waals surface area contributed by atoms with Crippen LogP contribution in [0.4, 0.5) is 0 Å². The lowest BCUT2D eigenvalue weighted by molar-refractivity contribution is -0.115. The van der Waals surface area contributed by atoms with Gasteiger partial charge in [0.2, 0.25) is 5.91 Å². The molecule has 0 rings (SSSR count). The van der Waals surface area contributed by atoms with E-state index in [0.29, 0.717) is 0 Å². The average Bonchev–Trinajstić information content (AvgIpc) is 1.83. The number of aliphatic imine (C=N–C) groups is 1. The Morgan fingerprint density at radius 3 is 2.78 bits per heavy atom. The predicted molar refractivity (Wildman–Crippen MR) is 38.3 cm³/mol. The van der Waals surface area contributed by atoms with Crippen molar-refractivity contribution in [2.45, 2.75) is 20.3 Å². The van der Waals surface area contributed by atoms with Crippen LogP contribution in [0.15, 0.2) is 4.99 Å². The Morgan fingerprint density at radius 2 is 2.44 bits per heavy atom. The van der Waals surface area contributed by atoms with E-state index in [0.717, 1.165) is 6.42 Å². The first-order chi connectivity index (χ1) is 4.16. The van der Waals surface area contributed by atoms with Crippen LogP contribution in [0.1, 0.15) is 20.3 Å². The third-order valence-electron chi connectivity index (χ3n) is 0.992. The molecule has 0 aliphatic carbocycles. The normalized spacial score (nSPS) is 14.1. The summed E-state index contributed by atoms with van der Waals surface area (Å²) in [6.07, 6.45) is 2.51. The van der Waals surface area contributed by atoms with Gasteiger partial charge in [-0.25, -0.2) is 4.99 Å². The highest BCUT2D eigenvalue weighted by molar-refractivity contribution is 5.83. The number of rotatable bonds is 2. The number of carbonyl (C=O) groups is 1. The maximum atomic E-state index is 10.2. The van der Waals surface area contributed by atoms with Crippen LogP contribution < -0.4 is 0 Å². The highest BCUT2D eigenvalue weighted by atomic mass is 16.1. The number of hydrogen-bond donors (Lipinski definition) is 0. The highest BCUT2D eigenvalue weighted by Crippen LogP contribution is 1.94. The van der Waals surface area contributed by atoms with Crippen molar-refractivity contribution in [3.63, 3.8) is 0 Å². The number of carbonyl (C=O) groups excluding carboxylic acids is 1. The lowest BCUT2D eigenvalue weighted by Crippen LogP contribution is -1.95. The van der Waals surface area contributed by atoms with E-state index < -0.39 is 0 Å². The molecule has 2 heteroatoms. The van der Waals surface area contributed by atoms with Crippen LogP contribution in [0, 0.1) is 12.8 Å². The largest absolute Gasteiger partial charge is 0.273 e. The average molecular weight is 126 g/mol. The van der Waals surface area contributed by atoms with E-state index in [2.05, 4.69) is 11.9 Å². The maximum absolute atomic E-state index is 10.2. The molecule has 0 aromatic carbocycles. The predicted octanol–water partition coefficient (Wildman–Crippen LogP) is 1.46. The van der Waals surface area contributed by atoms with E-state index >= 15 is 0 Å². The van der Waals surface area contributed by atoms with Crippen molar-refractivity contribution >= 4 is 12.1 Å². The highest BCUT2D eigenvalue weighted by Gasteiger charge is 1.91. The Balaban J connectivity index is 3.56. The quantitative estimate of drug-likeness (QED) is 0.515. The molecule has 0 saturated carbocycles. The third kappa shape index (κ3) is 5.21. The van der Waals surface area contributed by atoms with Gasteiger partial charge < -0.3 is 0 Å². The zero-order valence-electron chi connectivity index (χ0n) is 5.92. The maximum Gasteiger partial charge on any atom is 0.242 e. The van der Waals surface area contributed by atoms with Gasteiger partial charge in [-0.1, -0.05) is 6.92 Å². The van der Waals surface area contributed by atoms with Crippen molar-refractivity contribution in [2.75, 3.05) is 0 Å². The summed E-state index contributed by atoms with van der Waals surface area (Å²) in [6.45, 7) is 7.16. The van der Waals surface area contributed by atoms with Crippen molar-refractivity contribution in [1.82, 2.24) is 0 Å². The van der Waals surface area contributed by atoms with Gasteiger partial charge in [-0.2, -0.15) is 0 Å². The number of hydrogen-bond acceptors (Lipinski definition) is 1. The molecule has 0 aromatic heterocycles. The van der Waals surface area contributed by atoms with Gasteiger partial charge >= 0.3 is 0 Å². The fraction of sp³-hybridized carbons (Fsp3) is 0.571. The third-order valence-corrected chi connectivity index (χ3v) is 0.992. The minimum atomic E-state index is -0.155. The smallest absolute Gasteiger partial charge is 0.242 e. The fourth-order valence-electron chi connectivity index (χ4n) is 0.316. The van der Waals surface area contributed by atoms with Crippen molar-refractivity contribution < 1.29 is 4.79 Å². The topological polar surface area (TPSA) is 29.4 Å². The number of nitrogens with zero attached hydrogens (tertiary/aromatic N) is 1. The standard InChI is InChI=1S/C7H12NO/c1-4-6(2)5-8-7(3)9/h5-6H,2,4H2,1,3H3/t6-/m1/s1. The molecule has 0 saturated heterocycles. The zero-order valence-corrected chi connectivity index (χ0v) is 5.92. The Labute approximate surface area is 56.0 Å². The summed E-state index contributed by atoms with van der Waals surface area (Å²) >= 11 is 0. The molecule has 1 amide bonds. The zero-order chi connectivity index (χ0) is 7.28. The molecular weight excluding hydrogens is 114 g/mol. The van der Waals surface area contributed by atoms with Crippen LogP contribution in [0.3, 0.4) is 0 Å². The Morgan fingerprint density at radius 1 is 1.89 bits per heavy atom. The molecule has 0 bridgehead atoms. The second-order valence-electron chi connectivity index (χ2n) is 1.97. The minimum Gasteiger partial charge on any atom is -0.273 e. The summed E-state index contributed by atoms with van der Waals surface area (Å²) in [5, 5.41) is 0. The SMILES string of the molecule is [CH2][C@@H](C=NC(C)=O)CC. The molecule has 0 aromatic rings. The lowest BCUT2D eigenvalue weighted by Gasteiger charge is -1.95. The van der Waals surface area contributed by atoms with Crippen molar-refractivity contribution in [2.24, 2.45) is 10.9 Å². The van der Waals surface area contributed by atoms with Crippen molar-refractivity contribution in [3.8, 4) is 0 Å². The van der Waals surface area contributed by atoms with Crippen LogP contribution >= 0.6 is 0 Å². The fourth-order valence-corrected chi connectivity index (χ4v) is 0.316. The molecule has 0 fully saturated rings. The molecule has 1 radical (unpaired) electrons. The molecule has 0 unspecified atom stereocenters. The van der Waals surface area contributed by atoms with Gasteiger partial charge in [-0.3, -0.25) is 4.79 Å². The Kier molecular flexibility index (Phi) is 3.93. The minimum absolute atomic E-state index is 0.155. The summed E-state index contributed by atoms with van der Waals surface area (Å²) in [5.41, 5.74) is 0. The van der Waals surface area contributed by atoms with Gasteiger partial charge in [0.05, 0.1) is 0 Å². The van der Waals surface area contributed by atoms with Crippen LogP contribution in [-0.4, -0.2) is 12.1 Å². The monoisotopic (exact) mass is 126 g/mol.